The molecular formula is C17H13BrCl2F3N3O2. The molecule has 0 radical (unpaired) electrons. The third-order valence-electron chi connectivity index (χ3n) is 3.50. The minimum atomic E-state index is -4.73. The monoisotopic (exact) mass is 497 g/mol. The average Bonchev–Trinajstić information content (AvgIpc) is 2.92. The number of hydrogen-bond donors (Lipinski definition) is 0. The maximum absolute atomic E-state index is 13.7. The highest BCUT2D eigenvalue weighted by Crippen LogP contribution is 2.43. The second-order valence-corrected chi connectivity index (χ2v) is 6.89. The van der Waals surface area contributed by atoms with Crippen LogP contribution in [-0.4, -0.2) is 24.0 Å². The highest BCUT2D eigenvalue weighted by Gasteiger charge is 2.40. The topological polar surface area (TPSA) is 59.5 Å². The van der Waals surface area contributed by atoms with Gasteiger partial charge in [-0.2, -0.15) is 18.4 Å². The summed E-state index contributed by atoms with van der Waals surface area (Å²) in [5, 5.41) is 13.4. The van der Waals surface area contributed by atoms with E-state index in [-0.39, 0.29) is 44.6 Å². The number of benzene rings is 1. The van der Waals surface area contributed by atoms with Crippen LogP contribution in [0.4, 0.5) is 13.2 Å². The normalized spacial score (nSPS) is 11.8. The lowest BCUT2D eigenvalue weighted by atomic mass is 10.1. The van der Waals surface area contributed by atoms with E-state index in [0.29, 0.717) is 0 Å². The Morgan fingerprint density at radius 2 is 2.00 bits per heavy atom. The smallest absolute Gasteiger partial charge is 0.394 e. The Labute approximate surface area is 177 Å². The van der Waals surface area contributed by atoms with E-state index in [1.165, 1.54) is 24.4 Å². The minimum absolute atomic E-state index is 0.00681. The molecule has 2 rings (SSSR count). The van der Waals surface area contributed by atoms with Gasteiger partial charge in [0.2, 0.25) is 0 Å². The number of aromatic nitrogens is 1. The van der Waals surface area contributed by atoms with Gasteiger partial charge in [-0.05, 0) is 35.0 Å². The van der Waals surface area contributed by atoms with E-state index in [0.717, 1.165) is 4.57 Å². The van der Waals surface area contributed by atoms with Gasteiger partial charge in [0, 0.05) is 11.8 Å². The molecule has 28 heavy (non-hydrogen) atoms. The van der Waals surface area contributed by atoms with Gasteiger partial charge in [0.25, 0.3) is 0 Å². The molecule has 150 valence electrons. The Kier molecular flexibility index (Phi) is 7.78. The fourth-order valence-electron chi connectivity index (χ4n) is 2.42. The van der Waals surface area contributed by atoms with E-state index < -0.39 is 18.6 Å². The quantitative estimate of drug-likeness (QED) is 0.263. The molecule has 0 aliphatic carbocycles. The maximum atomic E-state index is 13.7. The van der Waals surface area contributed by atoms with Crippen molar-refractivity contribution in [1.29, 1.82) is 5.26 Å². The van der Waals surface area contributed by atoms with E-state index in [1.54, 1.807) is 13.0 Å². The van der Waals surface area contributed by atoms with Gasteiger partial charge in [-0.15, -0.1) is 0 Å². The number of hydrogen-bond acceptors (Lipinski definition) is 4. The lowest BCUT2D eigenvalue weighted by molar-refractivity contribution is -0.146. The molecule has 11 heteroatoms. The molecule has 0 bridgehead atoms. The summed E-state index contributed by atoms with van der Waals surface area (Å²) in [4.78, 5) is 4.83. The van der Waals surface area contributed by atoms with Gasteiger partial charge >= 0.3 is 6.18 Å². The molecule has 0 fully saturated rings. The second kappa shape index (κ2) is 9.65. The van der Waals surface area contributed by atoms with Crippen LogP contribution in [0.3, 0.4) is 0 Å². The molecule has 0 aliphatic heterocycles. The van der Waals surface area contributed by atoms with Gasteiger partial charge in [-0.1, -0.05) is 34.4 Å². The lowest BCUT2D eigenvalue weighted by Gasteiger charge is -2.16. The van der Waals surface area contributed by atoms with Crippen LogP contribution in [0.1, 0.15) is 18.2 Å². The Bertz CT molecular complexity index is 924. The van der Waals surface area contributed by atoms with Gasteiger partial charge in [-0.3, -0.25) is 0 Å². The number of nitrogens with zero attached hydrogens (tertiary/aromatic N) is 3. The lowest BCUT2D eigenvalue weighted by Crippen LogP contribution is -2.17. The predicted octanol–water partition coefficient (Wildman–Crippen LogP) is 6.11. The van der Waals surface area contributed by atoms with E-state index in [9.17, 15) is 18.4 Å². The standard InChI is InChI=1S/C17H13BrCl2F3N3O2/c1-2-25-28-6-5-27-9-26-15(10-3-4-12(19)13(20)7-10)11(8-24)14(18)16(26)17(21,22)23/h2-4,7H,5-6,9H2,1H3. The fourth-order valence-corrected chi connectivity index (χ4v) is 3.43. The molecule has 0 saturated carbocycles. The van der Waals surface area contributed by atoms with Crippen molar-refractivity contribution in [1.82, 2.24) is 4.57 Å². The van der Waals surface area contributed by atoms with Crippen molar-refractivity contribution in [2.45, 2.75) is 19.8 Å². The molecule has 0 aliphatic rings. The molecule has 0 saturated heterocycles. The number of ether oxygens (including phenoxy) is 1. The summed E-state index contributed by atoms with van der Waals surface area (Å²) < 4.78 is 46.8. The predicted molar refractivity (Wildman–Crippen MR) is 103 cm³/mol. The summed E-state index contributed by atoms with van der Waals surface area (Å²) in [6.45, 7) is 1.24. The van der Waals surface area contributed by atoms with Gasteiger partial charge in [0.1, 0.15) is 25.1 Å². The van der Waals surface area contributed by atoms with Crippen LogP contribution in [0.5, 0.6) is 0 Å². The van der Waals surface area contributed by atoms with Crippen LogP contribution in [0, 0.1) is 11.3 Å². The Morgan fingerprint density at radius 3 is 2.57 bits per heavy atom. The largest absolute Gasteiger partial charge is 0.432 e. The first-order valence-electron chi connectivity index (χ1n) is 7.74. The molecule has 1 heterocycles. The fraction of sp³-hybridized carbons (Fsp3) is 0.294. The number of nitriles is 1. The number of alkyl halides is 3. The second-order valence-electron chi connectivity index (χ2n) is 5.29. The van der Waals surface area contributed by atoms with Gasteiger partial charge in [-0.25, -0.2) is 0 Å². The van der Waals surface area contributed by atoms with Crippen LogP contribution in [-0.2, 0) is 22.5 Å². The van der Waals surface area contributed by atoms with Gasteiger partial charge in [0.05, 0.1) is 32.4 Å². The van der Waals surface area contributed by atoms with Crippen molar-refractivity contribution in [2.24, 2.45) is 5.16 Å². The molecule has 2 aromatic rings. The molecule has 0 N–H and O–H groups in total. The number of rotatable bonds is 7. The van der Waals surface area contributed by atoms with Crippen molar-refractivity contribution in [3.63, 3.8) is 0 Å². The number of halogens is 6. The number of oxime groups is 1. The zero-order chi connectivity index (χ0) is 20.9. The van der Waals surface area contributed by atoms with E-state index >= 15 is 0 Å². The van der Waals surface area contributed by atoms with Crippen molar-refractivity contribution >= 4 is 45.3 Å². The third-order valence-corrected chi connectivity index (χ3v) is 5.01. The third kappa shape index (κ3) is 5.00. The highest BCUT2D eigenvalue weighted by atomic mass is 79.9. The van der Waals surface area contributed by atoms with Crippen molar-refractivity contribution in [3.05, 3.63) is 44.0 Å². The summed E-state index contributed by atoms with van der Waals surface area (Å²) in [7, 11) is 0. The Balaban J connectivity index is 2.52. The molecular weight excluding hydrogens is 486 g/mol. The van der Waals surface area contributed by atoms with Crippen LogP contribution < -0.4 is 0 Å². The summed E-state index contributed by atoms with van der Waals surface area (Å²) in [6.07, 6.45) is -3.31. The molecule has 0 spiro atoms. The van der Waals surface area contributed by atoms with Crippen LogP contribution in [0.15, 0.2) is 27.8 Å². The first kappa shape index (κ1) is 22.6. The van der Waals surface area contributed by atoms with Crippen molar-refractivity contribution in [2.75, 3.05) is 13.2 Å². The summed E-state index contributed by atoms with van der Waals surface area (Å²) in [5.41, 5.74) is -0.941. The van der Waals surface area contributed by atoms with Crippen molar-refractivity contribution in [3.8, 4) is 17.3 Å². The Hall–Kier alpha value is -1.73. The zero-order valence-electron chi connectivity index (χ0n) is 14.4. The van der Waals surface area contributed by atoms with E-state index in [4.69, 9.17) is 32.8 Å². The summed E-state index contributed by atoms with van der Waals surface area (Å²) >= 11 is 14.8. The first-order chi connectivity index (χ1) is 13.2. The molecule has 0 unspecified atom stereocenters. The first-order valence-corrected chi connectivity index (χ1v) is 9.29. The summed E-state index contributed by atoms with van der Waals surface area (Å²) in [5.74, 6) is 0. The highest BCUT2D eigenvalue weighted by molar-refractivity contribution is 9.10. The molecule has 1 aromatic carbocycles. The van der Waals surface area contributed by atoms with Crippen LogP contribution in [0.2, 0.25) is 10.0 Å². The maximum Gasteiger partial charge on any atom is 0.432 e. The Morgan fingerprint density at radius 1 is 1.29 bits per heavy atom. The molecule has 5 nitrogen and oxygen atoms in total. The zero-order valence-corrected chi connectivity index (χ0v) is 17.5. The van der Waals surface area contributed by atoms with Crippen LogP contribution in [0.25, 0.3) is 11.3 Å². The van der Waals surface area contributed by atoms with Crippen molar-refractivity contribution < 1.29 is 22.7 Å². The van der Waals surface area contributed by atoms with Gasteiger partial charge in [0.15, 0.2) is 0 Å². The van der Waals surface area contributed by atoms with E-state index in [2.05, 4.69) is 21.1 Å². The van der Waals surface area contributed by atoms with Gasteiger partial charge < -0.3 is 14.1 Å². The van der Waals surface area contributed by atoms with Crippen LogP contribution >= 0.6 is 39.1 Å². The molecule has 0 atom stereocenters. The summed E-state index contributed by atoms with van der Waals surface area (Å²) in [6, 6.07) is 6.12. The SMILES string of the molecule is CC=NOCCOCn1c(-c2ccc(Cl)c(Cl)c2)c(C#N)c(Br)c1C(F)(F)F. The minimum Gasteiger partial charge on any atom is -0.394 e. The average molecular weight is 499 g/mol. The molecule has 0 amide bonds. The van der Waals surface area contributed by atoms with E-state index in [1.807, 2.05) is 0 Å². The molecule has 1 aromatic heterocycles.